The van der Waals surface area contributed by atoms with Crippen LogP contribution >= 0.6 is 15.9 Å². The van der Waals surface area contributed by atoms with E-state index in [1.165, 1.54) is 5.56 Å². The van der Waals surface area contributed by atoms with E-state index in [1.54, 1.807) is 0 Å². The summed E-state index contributed by atoms with van der Waals surface area (Å²) >= 11 is 3.22. The predicted octanol–water partition coefficient (Wildman–Crippen LogP) is 3.72. The maximum absolute atomic E-state index is 9.26. The Morgan fingerprint density at radius 1 is 1.29 bits per heavy atom. The Labute approximate surface area is 109 Å². The molecule has 2 rings (SSSR count). The summed E-state index contributed by atoms with van der Waals surface area (Å²) in [6.45, 7) is 4.22. The predicted molar refractivity (Wildman–Crippen MR) is 69.7 cm³/mol. The molecular weight excluding hydrogens is 282 g/mol. The molecule has 0 aliphatic heterocycles. The second kappa shape index (κ2) is 5.02. The number of aliphatic hydroxyl groups excluding tert-OH is 1. The van der Waals surface area contributed by atoms with Crippen molar-refractivity contribution in [3.63, 3.8) is 0 Å². The highest BCUT2D eigenvalue weighted by Gasteiger charge is 2.14. The van der Waals surface area contributed by atoms with Gasteiger partial charge in [0.1, 0.15) is 5.69 Å². The van der Waals surface area contributed by atoms with Crippen molar-refractivity contribution in [2.24, 2.45) is 0 Å². The fourth-order valence-electron chi connectivity index (χ4n) is 1.68. The Bertz CT molecular complexity index is 503. The van der Waals surface area contributed by atoms with Crippen LogP contribution in [0, 0.1) is 0 Å². The fraction of sp³-hybridized carbons (Fsp3) is 0.308. The van der Waals surface area contributed by atoms with Crippen LogP contribution in [0.2, 0.25) is 0 Å². The molecule has 0 spiro atoms. The molecule has 0 fully saturated rings. The van der Waals surface area contributed by atoms with Crippen LogP contribution in [0.3, 0.4) is 0 Å². The number of benzene rings is 1. The van der Waals surface area contributed by atoms with Gasteiger partial charge in [0.05, 0.1) is 12.2 Å². The number of aliphatic hydroxyl groups is 1. The Kier molecular flexibility index (Phi) is 3.64. The minimum absolute atomic E-state index is 0.0919. The highest BCUT2D eigenvalue weighted by atomic mass is 79.9. The number of rotatable bonds is 3. The Balaban J connectivity index is 2.39. The minimum atomic E-state index is -0.0919. The molecule has 0 amide bonds. The topological polar surface area (TPSA) is 46.3 Å². The lowest BCUT2D eigenvalue weighted by Crippen LogP contribution is -1.89. The monoisotopic (exact) mass is 295 g/mol. The lowest BCUT2D eigenvalue weighted by atomic mass is 10.00. The van der Waals surface area contributed by atoms with Crippen LogP contribution in [0.4, 0.5) is 0 Å². The van der Waals surface area contributed by atoms with Gasteiger partial charge in [0, 0.05) is 5.56 Å². The lowest BCUT2D eigenvalue weighted by molar-refractivity contribution is 0.278. The molecule has 1 aromatic carbocycles. The van der Waals surface area contributed by atoms with E-state index in [4.69, 9.17) is 4.52 Å². The zero-order valence-corrected chi connectivity index (χ0v) is 11.4. The first-order chi connectivity index (χ1) is 8.13. The SMILES string of the molecule is CC(C)c1ccc(-c2noc(Br)c2CO)cc1. The average molecular weight is 296 g/mol. The Morgan fingerprint density at radius 2 is 1.94 bits per heavy atom. The smallest absolute Gasteiger partial charge is 0.208 e. The van der Waals surface area contributed by atoms with Crippen LogP contribution in [0.1, 0.15) is 30.9 Å². The van der Waals surface area contributed by atoms with Gasteiger partial charge < -0.3 is 9.63 Å². The van der Waals surface area contributed by atoms with Crippen molar-refractivity contribution in [3.8, 4) is 11.3 Å². The largest absolute Gasteiger partial charge is 0.391 e. The number of hydrogen-bond acceptors (Lipinski definition) is 3. The minimum Gasteiger partial charge on any atom is -0.391 e. The third kappa shape index (κ3) is 2.42. The van der Waals surface area contributed by atoms with Gasteiger partial charge in [0.2, 0.25) is 4.67 Å². The third-order valence-corrected chi connectivity index (χ3v) is 3.37. The molecule has 0 atom stereocenters. The first-order valence-electron chi connectivity index (χ1n) is 5.48. The Hall–Kier alpha value is -1.13. The summed E-state index contributed by atoms with van der Waals surface area (Å²) in [5.41, 5.74) is 3.60. The molecule has 0 saturated heterocycles. The van der Waals surface area contributed by atoms with Crippen molar-refractivity contribution >= 4 is 15.9 Å². The molecule has 3 nitrogen and oxygen atoms in total. The van der Waals surface area contributed by atoms with E-state index in [0.717, 1.165) is 5.56 Å². The van der Waals surface area contributed by atoms with Crippen LogP contribution in [0.25, 0.3) is 11.3 Å². The molecule has 1 heterocycles. The lowest BCUT2D eigenvalue weighted by Gasteiger charge is -2.05. The summed E-state index contributed by atoms with van der Waals surface area (Å²) in [5.74, 6) is 0.505. The summed E-state index contributed by atoms with van der Waals surface area (Å²) in [6.07, 6.45) is 0. The van der Waals surface area contributed by atoms with Crippen LogP contribution in [0.5, 0.6) is 0 Å². The number of nitrogens with zero attached hydrogens (tertiary/aromatic N) is 1. The van der Waals surface area contributed by atoms with E-state index in [-0.39, 0.29) is 6.61 Å². The first-order valence-corrected chi connectivity index (χ1v) is 6.28. The molecule has 0 aliphatic carbocycles. The average Bonchev–Trinajstić information content (AvgIpc) is 2.70. The molecule has 2 aromatic rings. The van der Waals surface area contributed by atoms with Crippen molar-refractivity contribution in [3.05, 3.63) is 40.1 Å². The van der Waals surface area contributed by atoms with E-state index in [9.17, 15) is 5.11 Å². The van der Waals surface area contributed by atoms with Crippen molar-refractivity contribution in [1.82, 2.24) is 5.16 Å². The van der Waals surface area contributed by atoms with Crippen molar-refractivity contribution < 1.29 is 9.63 Å². The number of aromatic nitrogens is 1. The quantitative estimate of drug-likeness (QED) is 0.939. The molecule has 4 heteroatoms. The maximum atomic E-state index is 9.26. The second-order valence-corrected chi connectivity index (χ2v) is 4.94. The zero-order valence-electron chi connectivity index (χ0n) is 9.77. The van der Waals surface area contributed by atoms with E-state index in [0.29, 0.717) is 21.8 Å². The molecule has 0 saturated carbocycles. The van der Waals surface area contributed by atoms with E-state index < -0.39 is 0 Å². The normalized spacial score (nSPS) is 11.1. The van der Waals surface area contributed by atoms with Gasteiger partial charge in [-0.3, -0.25) is 0 Å². The van der Waals surface area contributed by atoms with Crippen LogP contribution in [-0.2, 0) is 6.61 Å². The number of halogens is 1. The highest BCUT2D eigenvalue weighted by molar-refractivity contribution is 9.10. The molecular formula is C13H14BrNO2. The van der Waals surface area contributed by atoms with Crippen LogP contribution in [-0.4, -0.2) is 10.3 Å². The standard InChI is InChI=1S/C13H14BrNO2/c1-8(2)9-3-5-10(6-4-9)12-11(7-16)13(14)17-15-12/h3-6,8,16H,7H2,1-2H3. The summed E-state index contributed by atoms with van der Waals surface area (Å²) in [5, 5.41) is 13.2. The van der Waals surface area contributed by atoms with Crippen molar-refractivity contribution in [2.75, 3.05) is 0 Å². The summed E-state index contributed by atoms with van der Waals surface area (Å²) in [4.78, 5) is 0. The van der Waals surface area contributed by atoms with Gasteiger partial charge in [0.15, 0.2) is 0 Å². The molecule has 0 radical (unpaired) electrons. The van der Waals surface area contributed by atoms with Gasteiger partial charge in [-0.1, -0.05) is 43.3 Å². The first kappa shape index (κ1) is 12.3. The highest BCUT2D eigenvalue weighted by Crippen LogP contribution is 2.29. The van der Waals surface area contributed by atoms with Gasteiger partial charge in [-0.15, -0.1) is 0 Å². The van der Waals surface area contributed by atoms with Crippen LogP contribution < -0.4 is 0 Å². The van der Waals surface area contributed by atoms with Gasteiger partial charge in [-0.25, -0.2) is 0 Å². The number of hydrogen-bond donors (Lipinski definition) is 1. The molecule has 17 heavy (non-hydrogen) atoms. The fourth-order valence-corrected chi connectivity index (χ4v) is 2.06. The molecule has 90 valence electrons. The molecule has 0 bridgehead atoms. The maximum Gasteiger partial charge on any atom is 0.208 e. The van der Waals surface area contributed by atoms with Crippen molar-refractivity contribution in [2.45, 2.75) is 26.4 Å². The van der Waals surface area contributed by atoms with Gasteiger partial charge in [0.25, 0.3) is 0 Å². The van der Waals surface area contributed by atoms with Gasteiger partial charge in [-0.2, -0.15) is 0 Å². The molecule has 1 aromatic heterocycles. The van der Waals surface area contributed by atoms with E-state index in [1.807, 2.05) is 12.1 Å². The molecule has 1 N–H and O–H groups in total. The summed E-state index contributed by atoms with van der Waals surface area (Å²) in [6, 6.07) is 8.14. The van der Waals surface area contributed by atoms with E-state index in [2.05, 4.69) is 47.1 Å². The third-order valence-electron chi connectivity index (χ3n) is 2.75. The Morgan fingerprint density at radius 3 is 2.47 bits per heavy atom. The van der Waals surface area contributed by atoms with Gasteiger partial charge in [-0.05, 0) is 27.4 Å². The molecule has 0 aliphatic rings. The summed E-state index contributed by atoms with van der Waals surface area (Å²) < 4.78 is 5.51. The summed E-state index contributed by atoms with van der Waals surface area (Å²) in [7, 11) is 0. The second-order valence-electron chi connectivity index (χ2n) is 4.22. The van der Waals surface area contributed by atoms with E-state index >= 15 is 0 Å². The van der Waals surface area contributed by atoms with Gasteiger partial charge >= 0.3 is 0 Å². The van der Waals surface area contributed by atoms with Crippen LogP contribution in [0.15, 0.2) is 33.5 Å². The van der Waals surface area contributed by atoms with Crippen molar-refractivity contribution in [1.29, 1.82) is 0 Å². The molecule has 0 unspecified atom stereocenters. The zero-order chi connectivity index (χ0) is 12.4.